The lowest BCUT2D eigenvalue weighted by Gasteiger charge is -2.08. The van der Waals surface area contributed by atoms with Crippen molar-refractivity contribution in [3.8, 4) is 12.1 Å². The number of carbonyl (C=O) groups excluding carboxylic acids is 1. The third-order valence-electron chi connectivity index (χ3n) is 2.92. The Hall–Kier alpha value is -2.79. The molecule has 23 heavy (non-hydrogen) atoms. The summed E-state index contributed by atoms with van der Waals surface area (Å²) in [4.78, 5) is 12.2. The van der Waals surface area contributed by atoms with Crippen molar-refractivity contribution in [3.63, 3.8) is 0 Å². The minimum absolute atomic E-state index is 0.106. The quantitative estimate of drug-likeness (QED) is 0.663. The lowest BCUT2D eigenvalue weighted by molar-refractivity contribution is -0.112. The van der Waals surface area contributed by atoms with E-state index in [4.69, 9.17) is 28.5 Å². The molecule has 0 saturated heterocycles. The zero-order valence-electron chi connectivity index (χ0n) is 11.7. The van der Waals surface area contributed by atoms with Crippen LogP contribution in [0.3, 0.4) is 0 Å². The largest absolute Gasteiger partial charge is 0.319 e. The van der Waals surface area contributed by atoms with E-state index in [-0.39, 0.29) is 21.3 Å². The van der Waals surface area contributed by atoms with Crippen molar-refractivity contribution < 1.29 is 4.79 Å². The molecule has 0 aliphatic rings. The number of nitrogens with one attached hydrogen (secondary N) is 1. The van der Waals surface area contributed by atoms with Crippen LogP contribution in [0.15, 0.2) is 48.0 Å². The molecule has 0 radical (unpaired) electrons. The van der Waals surface area contributed by atoms with Crippen LogP contribution in [-0.4, -0.2) is 5.91 Å². The summed E-state index contributed by atoms with van der Waals surface area (Å²) >= 11 is 12.0. The van der Waals surface area contributed by atoms with Crippen molar-refractivity contribution in [2.75, 3.05) is 5.32 Å². The Kier molecular flexibility index (Phi) is 5.38. The predicted octanol–water partition coefficient (Wildman–Crippen LogP) is 4.41. The Morgan fingerprint density at radius 1 is 1.04 bits per heavy atom. The fraction of sp³-hybridized carbons (Fsp3) is 0. The van der Waals surface area contributed by atoms with Gasteiger partial charge in [0.15, 0.2) is 0 Å². The summed E-state index contributed by atoms with van der Waals surface area (Å²) in [7, 11) is 0. The highest BCUT2D eigenvalue weighted by molar-refractivity contribution is 6.40. The molecule has 6 heteroatoms. The molecule has 2 rings (SSSR count). The average molecular weight is 342 g/mol. The van der Waals surface area contributed by atoms with Crippen LogP contribution in [0.5, 0.6) is 0 Å². The van der Waals surface area contributed by atoms with Gasteiger partial charge in [-0.25, -0.2) is 0 Å². The van der Waals surface area contributed by atoms with Gasteiger partial charge in [0.1, 0.15) is 11.6 Å². The standard InChI is InChI=1S/C17H9Cl2N3O/c18-14-2-1-3-15(19)16(14)22-17(23)13(10-21)8-11-4-6-12(9-20)7-5-11/h1-8H,(H,22,23)/b13-8+. The van der Waals surface area contributed by atoms with Gasteiger partial charge in [0.2, 0.25) is 0 Å². The van der Waals surface area contributed by atoms with Gasteiger partial charge in [-0.2, -0.15) is 10.5 Å². The summed E-state index contributed by atoms with van der Waals surface area (Å²) < 4.78 is 0. The minimum atomic E-state index is -0.619. The number of halogens is 2. The van der Waals surface area contributed by atoms with E-state index >= 15 is 0 Å². The van der Waals surface area contributed by atoms with Gasteiger partial charge < -0.3 is 5.32 Å². The number of hydrogen-bond acceptors (Lipinski definition) is 3. The molecule has 0 aliphatic carbocycles. The van der Waals surface area contributed by atoms with E-state index < -0.39 is 5.91 Å². The Morgan fingerprint density at radius 3 is 2.17 bits per heavy atom. The minimum Gasteiger partial charge on any atom is -0.319 e. The van der Waals surface area contributed by atoms with E-state index in [1.165, 1.54) is 6.08 Å². The first kappa shape index (κ1) is 16.6. The van der Waals surface area contributed by atoms with Gasteiger partial charge in [-0.1, -0.05) is 41.4 Å². The van der Waals surface area contributed by atoms with Crippen LogP contribution in [0.2, 0.25) is 10.0 Å². The number of benzene rings is 2. The van der Waals surface area contributed by atoms with Crippen LogP contribution < -0.4 is 5.32 Å². The fourth-order valence-electron chi connectivity index (χ4n) is 1.77. The van der Waals surface area contributed by atoms with Gasteiger partial charge in [-0.15, -0.1) is 0 Å². The van der Waals surface area contributed by atoms with Gasteiger partial charge in [-0.3, -0.25) is 4.79 Å². The van der Waals surface area contributed by atoms with Crippen molar-refractivity contribution in [1.29, 1.82) is 10.5 Å². The molecule has 112 valence electrons. The summed E-state index contributed by atoms with van der Waals surface area (Å²) in [6.45, 7) is 0. The molecule has 2 aromatic rings. The normalized spacial score (nSPS) is 10.5. The molecule has 0 aromatic heterocycles. The lowest BCUT2D eigenvalue weighted by Crippen LogP contribution is -2.14. The van der Waals surface area contributed by atoms with E-state index in [2.05, 4.69) is 5.32 Å². The van der Waals surface area contributed by atoms with E-state index in [0.29, 0.717) is 11.1 Å². The first-order valence-corrected chi connectivity index (χ1v) is 7.18. The molecule has 0 unspecified atom stereocenters. The number of anilines is 1. The molecule has 0 spiro atoms. The molecule has 0 saturated carbocycles. The first-order valence-electron chi connectivity index (χ1n) is 6.42. The van der Waals surface area contributed by atoms with Gasteiger partial charge >= 0.3 is 0 Å². The Labute approximate surface area is 143 Å². The second-order valence-electron chi connectivity index (χ2n) is 4.45. The van der Waals surface area contributed by atoms with Gasteiger partial charge in [0.25, 0.3) is 5.91 Å². The highest BCUT2D eigenvalue weighted by Gasteiger charge is 2.13. The molecule has 4 nitrogen and oxygen atoms in total. The topological polar surface area (TPSA) is 76.7 Å². The molecule has 0 atom stereocenters. The van der Waals surface area contributed by atoms with Gasteiger partial charge in [0, 0.05) is 0 Å². The number of nitriles is 2. The summed E-state index contributed by atoms with van der Waals surface area (Å²) in [5, 5.41) is 21.0. The summed E-state index contributed by atoms with van der Waals surface area (Å²) in [6.07, 6.45) is 1.42. The zero-order chi connectivity index (χ0) is 16.8. The number of nitrogens with zero attached hydrogens (tertiary/aromatic N) is 2. The van der Waals surface area contributed by atoms with Gasteiger partial charge in [-0.05, 0) is 35.9 Å². The number of carbonyl (C=O) groups is 1. The van der Waals surface area contributed by atoms with Crippen molar-refractivity contribution >= 4 is 40.9 Å². The Balaban J connectivity index is 2.26. The number of rotatable bonds is 3. The van der Waals surface area contributed by atoms with E-state index in [9.17, 15) is 10.1 Å². The second kappa shape index (κ2) is 7.47. The summed E-state index contributed by atoms with van der Waals surface area (Å²) in [5.41, 5.74) is 1.27. The molecular weight excluding hydrogens is 333 g/mol. The summed E-state index contributed by atoms with van der Waals surface area (Å²) in [5.74, 6) is -0.619. The third kappa shape index (κ3) is 4.11. The molecule has 0 aliphatic heterocycles. The van der Waals surface area contributed by atoms with E-state index in [0.717, 1.165) is 0 Å². The molecule has 0 bridgehead atoms. The number of amides is 1. The molecular formula is C17H9Cl2N3O. The maximum atomic E-state index is 12.2. The maximum Gasteiger partial charge on any atom is 0.266 e. The van der Waals surface area contributed by atoms with E-state index in [1.54, 1.807) is 42.5 Å². The first-order chi connectivity index (χ1) is 11.0. The lowest BCUT2D eigenvalue weighted by atomic mass is 10.1. The highest BCUT2D eigenvalue weighted by Crippen LogP contribution is 2.30. The van der Waals surface area contributed by atoms with Crippen molar-refractivity contribution in [3.05, 3.63) is 69.2 Å². The van der Waals surface area contributed by atoms with Crippen LogP contribution >= 0.6 is 23.2 Å². The SMILES string of the molecule is N#C/C(=C\c1ccc(C#N)cc1)C(=O)Nc1c(Cl)cccc1Cl. The van der Waals surface area contributed by atoms with Crippen LogP contribution in [0.4, 0.5) is 5.69 Å². The molecule has 0 fully saturated rings. The van der Waals surface area contributed by atoms with Crippen molar-refractivity contribution in [1.82, 2.24) is 0 Å². The third-order valence-corrected chi connectivity index (χ3v) is 3.55. The summed E-state index contributed by atoms with van der Waals surface area (Å²) in [6, 6.07) is 15.1. The second-order valence-corrected chi connectivity index (χ2v) is 5.27. The molecule has 2 aromatic carbocycles. The fourth-order valence-corrected chi connectivity index (χ4v) is 2.26. The molecule has 1 amide bonds. The average Bonchev–Trinajstić information content (AvgIpc) is 2.56. The smallest absolute Gasteiger partial charge is 0.266 e. The predicted molar refractivity (Wildman–Crippen MR) is 89.8 cm³/mol. The number of para-hydroxylation sites is 1. The zero-order valence-corrected chi connectivity index (χ0v) is 13.2. The molecule has 0 heterocycles. The van der Waals surface area contributed by atoms with Crippen LogP contribution in [0, 0.1) is 22.7 Å². The van der Waals surface area contributed by atoms with Crippen molar-refractivity contribution in [2.24, 2.45) is 0 Å². The monoisotopic (exact) mass is 341 g/mol. The van der Waals surface area contributed by atoms with Crippen LogP contribution in [0.25, 0.3) is 6.08 Å². The Bertz CT molecular complexity index is 839. The maximum absolute atomic E-state index is 12.2. The molecule has 1 N–H and O–H groups in total. The highest BCUT2D eigenvalue weighted by atomic mass is 35.5. The van der Waals surface area contributed by atoms with Crippen LogP contribution in [0.1, 0.15) is 11.1 Å². The number of hydrogen-bond donors (Lipinski definition) is 1. The van der Waals surface area contributed by atoms with Crippen LogP contribution in [-0.2, 0) is 4.79 Å². The van der Waals surface area contributed by atoms with E-state index in [1.807, 2.05) is 12.1 Å². The van der Waals surface area contributed by atoms with Crippen molar-refractivity contribution in [2.45, 2.75) is 0 Å². The Morgan fingerprint density at radius 2 is 1.65 bits per heavy atom. The van der Waals surface area contributed by atoms with Gasteiger partial charge in [0.05, 0.1) is 27.4 Å².